The molecule has 0 saturated heterocycles. The third-order valence-corrected chi connectivity index (χ3v) is 9.86. The third-order valence-electron chi connectivity index (χ3n) is 9.86. The van der Waals surface area contributed by atoms with Crippen molar-refractivity contribution in [3.05, 3.63) is 12.4 Å². The van der Waals surface area contributed by atoms with Crippen molar-refractivity contribution in [1.82, 2.24) is 15.0 Å². The van der Waals surface area contributed by atoms with Gasteiger partial charge in [-0.15, -0.1) is 5.10 Å². The number of ether oxygens (including phenoxy) is 1. The molecule has 1 N–H and O–H groups in total. The second-order valence-electron chi connectivity index (χ2n) is 11.3. The predicted octanol–water partition coefficient (Wildman–Crippen LogP) is 3.88. The molecule has 6 nitrogen and oxygen atoms in total. The van der Waals surface area contributed by atoms with Crippen LogP contribution in [0.2, 0.25) is 0 Å². The number of Topliss-reactive ketones (excluding diaryl/α,β-unsaturated/α-hetero) is 1. The summed E-state index contributed by atoms with van der Waals surface area (Å²) in [6, 6.07) is 0. The lowest BCUT2D eigenvalue weighted by molar-refractivity contribution is -0.138. The molecule has 1 aromatic heterocycles. The lowest BCUT2D eigenvalue weighted by Gasteiger charge is -2.57. The Labute approximate surface area is 186 Å². The molecule has 1 aromatic rings. The molecule has 172 valence electrons. The molecule has 0 bridgehead atoms. The molecule has 5 rings (SSSR count). The molecule has 31 heavy (non-hydrogen) atoms. The van der Waals surface area contributed by atoms with Crippen molar-refractivity contribution in [3.8, 4) is 0 Å². The summed E-state index contributed by atoms with van der Waals surface area (Å²) in [6.07, 6.45) is 13.6. The fourth-order valence-corrected chi connectivity index (χ4v) is 8.50. The van der Waals surface area contributed by atoms with Gasteiger partial charge in [0.2, 0.25) is 0 Å². The quantitative estimate of drug-likeness (QED) is 0.742. The molecule has 4 aliphatic carbocycles. The number of hydrogen-bond acceptors (Lipinski definition) is 5. The van der Waals surface area contributed by atoms with Gasteiger partial charge in [-0.3, -0.25) is 4.79 Å². The third kappa shape index (κ3) is 3.78. The Morgan fingerprint density at radius 1 is 1.13 bits per heavy atom. The van der Waals surface area contributed by atoms with Gasteiger partial charge >= 0.3 is 0 Å². The topological polar surface area (TPSA) is 77.2 Å². The molecule has 4 saturated carbocycles. The number of aliphatic hydroxyl groups is 1. The van der Waals surface area contributed by atoms with E-state index in [1.54, 1.807) is 17.1 Å². The normalized spacial score (nSPS) is 44.4. The molecule has 0 amide bonds. The molecule has 8 atom stereocenters. The van der Waals surface area contributed by atoms with Crippen LogP contribution in [0.25, 0.3) is 0 Å². The molecule has 4 fully saturated rings. The summed E-state index contributed by atoms with van der Waals surface area (Å²) in [4.78, 5) is 13.2. The van der Waals surface area contributed by atoms with E-state index in [1.165, 1.54) is 32.1 Å². The fourth-order valence-electron chi connectivity index (χ4n) is 8.50. The Balaban J connectivity index is 1.27. The van der Waals surface area contributed by atoms with Gasteiger partial charge in [0.15, 0.2) is 5.78 Å². The van der Waals surface area contributed by atoms with Gasteiger partial charge in [-0.1, -0.05) is 12.1 Å². The highest BCUT2D eigenvalue weighted by Gasteiger charge is 2.59. The summed E-state index contributed by atoms with van der Waals surface area (Å²) in [5.74, 6) is 4.16. The summed E-state index contributed by atoms with van der Waals surface area (Å²) in [5, 5.41) is 18.9. The highest BCUT2D eigenvalue weighted by molar-refractivity contribution is 5.82. The molecule has 0 radical (unpaired) electrons. The molecule has 0 aromatic carbocycles. The Kier molecular flexibility index (Phi) is 5.74. The smallest absolute Gasteiger partial charge is 0.157 e. The van der Waals surface area contributed by atoms with Gasteiger partial charge in [-0.05, 0) is 99.7 Å². The van der Waals surface area contributed by atoms with E-state index >= 15 is 0 Å². The van der Waals surface area contributed by atoms with E-state index in [1.807, 2.05) is 6.92 Å². The molecular formula is C25H39N3O3. The SMILES string of the molecule is CCOC[C@@]1(O)CC[C@H]2[C@@H](CC[C@@H]3[C@@H]2CC[C@]2(C)[C@@H](C(=O)Cn4ccnn4)CC[C@@H]32)C1. The number of nitrogens with zero attached hydrogens (tertiary/aromatic N) is 3. The van der Waals surface area contributed by atoms with Crippen LogP contribution in [0.3, 0.4) is 0 Å². The van der Waals surface area contributed by atoms with Crippen LogP contribution < -0.4 is 0 Å². The molecule has 4 aliphatic rings. The minimum absolute atomic E-state index is 0.149. The van der Waals surface area contributed by atoms with E-state index in [2.05, 4.69) is 17.2 Å². The average Bonchev–Trinajstić information content (AvgIpc) is 3.39. The Morgan fingerprint density at radius 2 is 1.97 bits per heavy atom. The second-order valence-corrected chi connectivity index (χ2v) is 11.3. The number of fused-ring (bicyclic) bond motifs is 5. The van der Waals surface area contributed by atoms with E-state index in [-0.39, 0.29) is 11.3 Å². The Hall–Kier alpha value is -1.27. The Morgan fingerprint density at radius 3 is 2.74 bits per heavy atom. The Bertz CT molecular complexity index is 783. The van der Waals surface area contributed by atoms with Crippen LogP contribution in [-0.4, -0.2) is 44.7 Å². The van der Waals surface area contributed by atoms with Crippen molar-refractivity contribution in [2.24, 2.45) is 40.9 Å². The van der Waals surface area contributed by atoms with Crippen LogP contribution in [0.15, 0.2) is 12.4 Å². The highest BCUT2D eigenvalue weighted by atomic mass is 16.5. The van der Waals surface area contributed by atoms with Crippen molar-refractivity contribution in [1.29, 1.82) is 0 Å². The van der Waals surface area contributed by atoms with Gasteiger partial charge in [-0.2, -0.15) is 0 Å². The number of carbonyl (C=O) groups is 1. The number of carbonyl (C=O) groups excluding carboxylic acids is 1. The van der Waals surface area contributed by atoms with Gasteiger partial charge < -0.3 is 9.84 Å². The van der Waals surface area contributed by atoms with Gasteiger partial charge in [0.05, 0.1) is 18.4 Å². The number of aromatic nitrogens is 3. The summed E-state index contributed by atoms with van der Waals surface area (Å²) in [5.41, 5.74) is -0.463. The summed E-state index contributed by atoms with van der Waals surface area (Å²) in [6.45, 7) is 5.96. The zero-order valence-corrected chi connectivity index (χ0v) is 19.2. The number of ketones is 1. The largest absolute Gasteiger partial charge is 0.387 e. The van der Waals surface area contributed by atoms with Crippen molar-refractivity contribution >= 4 is 5.78 Å². The van der Waals surface area contributed by atoms with E-state index in [0.717, 1.165) is 43.4 Å². The monoisotopic (exact) mass is 429 g/mol. The predicted molar refractivity (Wildman–Crippen MR) is 117 cm³/mol. The van der Waals surface area contributed by atoms with E-state index in [0.29, 0.717) is 37.4 Å². The zero-order valence-electron chi connectivity index (χ0n) is 19.2. The molecule has 1 heterocycles. The first-order valence-corrected chi connectivity index (χ1v) is 12.6. The van der Waals surface area contributed by atoms with Crippen LogP contribution >= 0.6 is 0 Å². The summed E-state index contributed by atoms with van der Waals surface area (Å²) < 4.78 is 7.29. The molecule has 0 spiro atoms. The minimum atomic E-state index is -0.612. The van der Waals surface area contributed by atoms with Gasteiger partial charge in [0.25, 0.3) is 0 Å². The van der Waals surface area contributed by atoms with Crippen LogP contribution in [0.4, 0.5) is 0 Å². The van der Waals surface area contributed by atoms with Gasteiger partial charge in [-0.25, -0.2) is 4.68 Å². The maximum atomic E-state index is 13.2. The molecule has 0 aliphatic heterocycles. The lowest BCUT2D eigenvalue weighted by Crippen LogP contribution is -2.52. The van der Waals surface area contributed by atoms with Crippen LogP contribution in [0.1, 0.15) is 71.6 Å². The summed E-state index contributed by atoms with van der Waals surface area (Å²) >= 11 is 0. The van der Waals surface area contributed by atoms with Crippen molar-refractivity contribution in [2.75, 3.05) is 13.2 Å². The van der Waals surface area contributed by atoms with Crippen molar-refractivity contribution in [3.63, 3.8) is 0 Å². The zero-order chi connectivity index (χ0) is 21.6. The van der Waals surface area contributed by atoms with Crippen LogP contribution in [-0.2, 0) is 16.1 Å². The van der Waals surface area contributed by atoms with Gasteiger partial charge in [0.1, 0.15) is 6.54 Å². The minimum Gasteiger partial charge on any atom is -0.387 e. The first kappa shape index (κ1) is 21.6. The van der Waals surface area contributed by atoms with E-state index in [9.17, 15) is 9.90 Å². The number of hydrogen-bond donors (Lipinski definition) is 1. The molecular weight excluding hydrogens is 390 g/mol. The van der Waals surface area contributed by atoms with Crippen molar-refractivity contribution < 1.29 is 14.6 Å². The van der Waals surface area contributed by atoms with Crippen molar-refractivity contribution in [2.45, 2.75) is 83.8 Å². The number of rotatable bonds is 6. The maximum Gasteiger partial charge on any atom is 0.157 e. The van der Waals surface area contributed by atoms with Gasteiger partial charge in [0, 0.05) is 18.7 Å². The lowest BCUT2D eigenvalue weighted by atomic mass is 9.49. The first-order valence-electron chi connectivity index (χ1n) is 12.6. The van der Waals surface area contributed by atoms with E-state index in [4.69, 9.17) is 4.74 Å². The highest BCUT2D eigenvalue weighted by Crippen LogP contribution is 2.64. The van der Waals surface area contributed by atoms with Crippen LogP contribution in [0.5, 0.6) is 0 Å². The average molecular weight is 430 g/mol. The molecule has 6 heteroatoms. The second kappa shape index (κ2) is 8.26. The maximum absolute atomic E-state index is 13.2. The molecule has 0 unspecified atom stereocenters. The standard InChI is InChI=1S/C25H39N3O3/c1-3-31-16-25(30)11-9-18-17(14-25)4-5-20-19(18)8-10-24(2)21(20)6-7-22(24)23(29)15-28-13-12-26-27-28/h12-13,17-22,30H,3-11,14-16H2,1-2H3/t17-,18-,19+,20+,21-,22+,24-,25+/m0/s1. The van der Waals surface area contributed by atoms with E-state index < -0.39 is 5.60 Å². The first-order chi connectivity index (χ1) is 14.9. The fraction of sp³-hybridized carbons (Fsp3) is 0.880. The summed E-state index contributed by atoms with van der Waals surface area (Å²) in [7, 11) is 0. The van der Waals surface area contributed by atoms with Crippen LogP contribution in [0, 0.1) is 40.9 Å².